The van der Waals surface area contributed by atoms with Crippen molar-refractivity contribution in [3.8, 4) is 5.75 Å². The van der Waals surface area contributed by atoms with Crippen molar-refractivity contribution in [2.24, 2.45) is 0 Å². The van der Waals surface area contributed by atoms with Crippen molar-refractivity contribution in [2.75, 3.05) is 12.3 Å². The van der Waals surface area contributed by atoms with Crippen molar-refractivity contribution in [2.45, 2.75) is 6.42 Å². The molecule has 5 heteroatoms. The van der Waals surface area contributed by atoms with E-state index in [1.165, 1.54) is 12.3 Å². The first kappa shape index (κ1) is 12.9. The Morgan fingerprint density at radius 2 is 2.00 bits per heavy atom. The van der Waals surface area contributed by atoms with Gasteiger partial charge in [-0.1, -0.05) is 12.1 Å². The fourth-order valence-corrected chi connectivity index (χ4v) is 1.66. The van der Waals surface area contributed by atoms with Gasteiger partial charge in [-0.25, -0.2) is 4.98 Å². The van der Waals surface area contributed by atoms with Crippen molar-refractivity contribution in [3.63, 3.8) is 0 Å². The van der Waals surface area contributed by atoms with E-state index in [1.54, 1.807) is 6.07 Å². The zero-order chi connectivity index (χ0) is 13.7. The molecule has 5 nitrogen and oxygen atoms in total. The van der Waals surface area contributed by atoms with Gasteiger partial charge in [-0.2, -0.15) is 0 Å². The molecule has 0 spiro atoms. The van der Waals surface area contributed by atoms with Crippen LogP contribution in [0.4, 0.5) is 5.69 Å². The molecule has 1 amide bonds. The summed E-state index contributed by atoms with van der Waals surface area (Å²) in [6.07, 6.45) is 2.16. The average Bonchev–Trinajstić information content (AvgIpc) is 2.41. The second kappa shape index (κ2) is 5.86. The number of amides is 1. The van der Waals surface area contributed by atoms with Gasteiger partial charge in [0.2, 0.25) is 0 Å². The fourth-order valence-electron chi connectivity index (χ4n) is 1.66. The molecule has 0 saturated heterocycles. The molecule has 4 N–H and O–H groups in total. The van der Waals surface area contributed by atoms with E-state index < -0.39 is 0 Å². The molecule has 2 rings (SSSR count). The van der Waals surface area contributed by atoms with Crippen LogP contribution in [0.2, 0.25) is 0 Å². The summed E-state index contributed by atoms with van der Waals surface area (Å²) < 4.78 is 0. The van der Waals surface area contributed by atoms with Crippen LogP contribution in [-0.2, 0) is 6.42 Å². The van der Waals surface area contributed by atoms with Gasteiger partial charge in [0.25, 0.3) is 5.91 Å². The molecule has 1 heterocycles. The van der Waals surface area contributed by atoms with Crippen LogP contribution in [0.3, 0.4) is 0 Å². The summed E-state index contributed by atoms with van der Waals surface area (Å²) in [5.74, 6) is -0.499. The van der Waals surface area contributed by atoms with Gasteiger partial charge in [-0.3, -0.25) is 4.79 Å². The summed E-state index contributed by atoms with van der Waals surface area (Å²) in [6.45, 7) is 0.471. The van der Waals surface area contributed by atoms with E-state index in [4.69, 9.17) is 5.73 Å². The number of nitrogens with one attached hydrogen (secondary N) is 1. The van der Waals surface area contributed by atoms with Crippen molar-refractivity contribution in [1.29, 1.82) is 0 Å². The fraction of sp³-hybridized carbons (Fsp3) is 0.143. The number of anilines is 1. The summed E-state index contributed by atoms with van der Waals surface area (Å²) >= 11 is 0. The molecule has 0 atom stereocenters. The quantitative estimate of drug-likeness (QED) is 0.721. The lowest BCUT2D eigenvalue weighted by atomic mass is 10.1. The van der Waals surface area contributed by atoms with E-state index in [-0.39, 0.29) is 17.4 Å². The molecule has 0 aliphatic heterocycles. The van der Waals surface area contributed by atoms with Crippen LogP contribution in [0.1, 0.15) is 16.1 Å². The SMILES string of the molecule is Nc1ccc(CCNC(=O)c2ncccc2O)cc1. The molecule has 98 valence electrons. The van der Waals surface area contributed by atoms with Gasteiger partial charge in [0.15, 0.2) is 5.69 Å². The smallest absolute Gasteiger partial charge is 0.273 e. The first-order valence-corrected chi connectivity index (χ1v) is 5.93. The Hall–Kier alpha value is -2.56. The summed E-state index contributed by atoms with van der Waals surface area (Å²) in [4.78, 5) is 15.6. The van der Waals surface area contributed by atoms with E-state index in [9.17, 15) is 9.90 Å². The molecule has 19 heavy (non-hydrogen) atoms. The number of hydrogen-bond donors (Lipinski definition) is 3. The summed E-state index contributed by atoms with van der Waals surface area (Å²) in [7, 11) is 0. The van der Waals surface area contributed by atoms with Gasteiger partial charge in [0.05, 0.1) is 0 Å². The van der Waals surface area contributed by atoms with Crippen LogP contribution in [0.25, 0.3) is 0 Å². The van der Waals surface area contributed by atoms with E-state index in [2.05, 4.69) is 10.3 Å². The van der Waals surface area contributed by atoms with E-state index >= 15 is 0 Å². The molecular weight excluding hydrogens is 242 g/mol. The molecule has 1 aromatic heterocycles. The molecule has 0 bridgehead atoms. The lowest BCUT2D eigenvalue weighted by Gasteiger charge is -2.06. The van der Waals surface area contributed by atoms with Gasteiger partial charge in [0.1, 0.15) is 5.75 Å². The summed E-state index contributed by atoms with van der Waals surface area (Å²) in [6, 6.07) is 10.5. The maximum Gasteiger partial charge on any atom is 0.273 e. The molecule has 0 aliphatic rings. The Balaban J connectivity index is 1.88. The van der Waals surface area contributed by atoms with Gasteiger partial charge < -0.3 is 16.2 Å². The Morgan fingerprint density at radius 3 is 2.68 bits per heavy atom. The average molecular weight is 257 g/mol. The first-order valence-electron chi connectivity index (χ1n) is 5.93. The number of aromatic nitrogens is 1. The maximum atomic E-state index is 11.8. The standard InChI is InChI=1S/C14H15N3O2/c15-11-5-3-10(4-6-11)7-9-17-14(19)13-12(18)2-1-8-16-13/h1-6,8,18H,7,9,15H2,(H,17,19). The second-order valence-corrected chi connectivity index (χ2v) is 4.12. The number of aromatic hydroxyl groups is 1. The van der Waals surface area contributed by atoms with Crippen molar-refractivity contribution in [3.05, 3.63) is 53.9 Å². The van der Waals surface area contributed by atoms with Gasteiger partial charge >= 0.3 is 0 Å². The second-order valence-electron chi connectivity index (χ2n) is 4.12. The van der Waals surface area contributed by atoms with Crippen LogP contribution in [0.5, 0.6) is 5.75 Å². The topological polar surface area (TPSA) is 88.2 Å². The Kier molecular flexibility index (Phi) is 3.97. The third kappa shape index (κ3) is 3.45. The lowest BCUT2D eigenvalue weighted by Crippen LogP contribution is -2.26. The van der Waals surface area contributed by atoms with Crippen molar-refractivity contribution in [1.82, 2.24) is 10.3 Å². The van der Waals surface area contributed by atoms with Gasteiger partial charge in [-0.05, 0) is 36.2 Å². The highest BCUT2D eigenvalue weighted by Gasteiger charge is 2.10. The molecule has 1 aromatic carbocycles. The minimum Gasteiger partial charge on any atom is -0.505 e. The number of rotatable bonds is 4. The van der Waals surface area contributed by atoms with Crippen LogP contribution in [-0.4, -0.2) is 22.5 Å². The number of pyridine rings is 1. The van der Waals surface area contributed by atoms with Crippen LogP contribution in [0.15, 0.2) is 42.6 Å². The number of benzene rings is 1. The summed E-state index contributed by atoms with van der Waals surface area (Å²) in [5, 5.41) is 12.2. The number of carbonyl (C=O) groups is 1. The van der Waals surface area contributed by atoms with Crippen LogP contribution in [0, 0.1) is 0 Å². The number of carbonyl (C=O) groups excluding carboxylic acids is 1. The minimum atomic E-state index is -0.381. The molecule has 0 saturated carbocycles. The molecule has 0 unspecified atom stereocenters. The number of hydrogen-bond acceptors (Lipinski definition) is 4. The number of nitrogens with two attached hydrogens (primary N) is 1. The zero-order valence-corrected chi connectivity index (χ0v) is 10.3. The Labute approximate surface area is 111 Å². The Bertz CT molecular complexity index is 567. The summed E-state index contributed by atoms with van der Waals surface area (Å²) in [5.41, 5.74) is 7.43. The zero-order valence-electron chi connectivity index (χ0n) is 10.3. The molecule has 2 aromatic rings. The van der Waals surface area contributed by atoms with E-state index in [0.717, 1.165) is 5.56 Å². The highest BCUT2D eigenvalue weighted by Crippen LogP contribution is 2.12. The molecular formula is C14H15N3O2. The molecule has 0 aliphatic carbocycles. The first-order chi connectivity index (χ1) is 9.16. The predicted molar refractivity (Wildman–Crippen MR) is 72.8 cm³/mol. The highest BCUT2D eigenvalue weighted by molar-refractivity contribution is 5.94. The molecule has 0 radical (unpaired) electrons. The largest absolute Gasteiger partial charge is 0.505 e. The van der Waals surface area contributed by atoms with Crippen LogP contribution < -0.4 is 11.1 Å². The maximum absolute atomic E-state index is 11.8. The van der Waals surface area contributed by atoms with Crippen LogP contribution >= 0.6 is 0 Å². The van der Waals surface area contributed by atoms with E-state index in [1.807, 2.05) is 24.3 Å². The van der Waals surface area contributed by atoms with Crippen molar-refractivity contribution >= 4 is 11.6 Å². The third-order valence-electron chi connectivity index (χ3n) is 2.68. The van der Waals surface area contributed by atoms with E-state index in [0.29, 0.717) is 18.7 Å². The third-order valence-corrected chi connectivity index (χ3v) is 2.68. The number of nitrogen functional groups attached to an aromatic ring is 1. The minimum absolute atomic E-state index is 0.0415. The molecule has 0 fully saturated rings. The number of nitrogens with zero attached hydrogens (tertiary/aromatic N) is 1. The predicted octanol–water partition coefficient (Wildman–Crippen LogP) is 1.34. The van der Waals surface area contributed by atoms with Crippen molar-refractivity contribution < 1.29 is 9.90 Å². The normalized spacial score (nSPS) is 10.1. The monoisotopic (exact) mass is 257 g/mol. The Morgan fingerprint density at radius 1 is 1.26 bits per heavy atom. The van der Waals surface area contributed by atoms with Gasteiger partial charge in [-0.15, -0.1) is 0 Å². The highest BCUT2D eigenvalue weighted by atomic mass is 16.3. The van der Waals surface area contributed by atoms with Gasteiger partial charge in [0, 0.05) is 18.4 Å². The lowest BCUT2D eigenvalue weighted by molar-refractivity contribution is 0.0946.